The molecule has 0 fully saturated rings. The van der Waals surface area contributed by atoms with Gasteiger partial charge in [-0.1, -0.05) is 6.07 Å². The molecule has 1 aromatic carbocycles. The van der Waals surface area contributed by atoms with E-state index in [4.69, 9.17) is 15.9 Å². The maximum atomic E-state index is 13.6. The zero-order valence-electron chi connectivity index (χ0n) is 9.31. The average Bonchev–Trinajstić information content (AvgIpc) is 2.22. The lowest BCUT2D eigenvalue weighted by atomic mass is 9.94. The van der Waals surface area contributed by atoms with E-state index in [2.05, 4.69) is 4.65 Å². The largest absolute Gasteiger partial charge is 0.539 e. The van der Waals surface area contributed by atoms with Crippen LogP contribution in [0, 0.1) is 5.82 Å². The lowest BCUT2D eigenvalue weighted by Gasteiger charge is -2.19. The number of hydrogen-bond donors (Lipinski definition) is 3. The molecule has 1 aromatic rings. The van der Waals surface area contributed by atoms with Crippen molar-refractivity contribution in [2.24, 2.45) is 5.73 Å². The molecule has 92 valence electrons. The summed E-state index contributed by atoms with van der Waals surface area (Å²) in [6.45, 7) is 1.31. The Kier molecular flexibility index (Phi) is 4.09. The van der Waals surface area contributed by atoms with Crippen LogP contribution in [-0.2, 0) is 11.2 Å². The van der Waals surface area contributed by atoms with Crippen LogP contribution in [-0.4, -0.2) is 29.3 Å². The predicted molar refractivity (Wildman–Crippen MR) is 60.3 cm³/mol. The molecule has 0 unspecified atom stereocenters. The predicted octanol–water partition coefficient (Wildman–Crippen LogP) is -0.192. The van der Waals surface area contributed by atoms with Crippen LogP contribution in [0.3, 0.4) is 0 Å². The van der Waals surface area contributed by atoms with E-state index in [-0.39, 0.29) is 17.7 Å². The topological polar surface area (TPSA) is 92.8 Å². The van der Waals surface area contributed by atoms with Gasteiger partial charge in [0.1, 0.15) is 17.1 Å². The number of benzene rings is 1. The van der Waals surface area contributed by atoms with Crippen molar-refractivity contribution in [3.05, 3.63) is 29.6 Å². The van der Waals surface area contributed by atoms with Crippen molar-refractivity contribution in [3.8, 4) is 5.75 Å². The van der Waals surface area contributed by atoms with Gasteiger partial charge >= 0.3 is 13.7 Å². The number of hydrogen-bond acceptors (Lipinski definition) is 4. The summed E-state index contributed by atoms with van der Waals surface area (Å²) in [6, 6.07) is 3.89. The molecule has 1 atom stereocenters. The smallest absolute Gasteiger partial charge is 0.504 e. The Bertz CT molecular complexity index is 425. The summed E-state index contributed by atoms with van der Waals surface area (Å²) < 4.78 is 18.2. The molecule has 0 amide bonds. The summed E-state index contributed by atoms with van der Waals surface area (Å²) >= 11 is 0. The first kappa shape index (κ1) is 13.5. The normalized spacial score (nSPS) is 13.9. The summed E-state index contributed by atoms with van der Waals surface area (Å²) in [5, 5.41) is 17.3. The van der Waals surface area contributed by atoms with E-state index in [1.54, 1.807) is 0 Å². The van der Waals surface area contributed by atoms with Crippen LogP contribution in [0.5, 0.6) is 5.75 Å². The Labute approximate surface area is 98.3 Å². The lowest BCUT2D eigenvalue weighted by Crippen LogP contribution is -2.47. The van der Waals surface area contributed by atoms with E-state index in [1.165, 1.54) is 19.1 Å². The van der Waals surface area contributed by atoms with Gasteiger partial charge in [0, 0.05) is 12.5 Å². The molecule has 0 aliphatic heterocycles. The molecule has 4 N–H and O–H groups in total. The molecule has 0 saturated carbocycles. The highest BCUT2D eigenvalue weighted by atomic mass is 19.1. The van der Waals surface area contributed by atoms with E-state index < -0.39 is 25.0 Å². The molecule has 0 spiro atoms. The second-order valence-corrected chi connectivity index (χ2v) is 3.93. The van der Waals surface area contributed by atoms with Crippen LogP contribution in [0.25, 0.3) is 0 Å². The minimum absolute atomic E-state index is 0.131. The molecule has 7 heteroatoms. The number of aliphatic carboxylic acids is 1. The quantitative estimate of drug-likeness (QED) is 0.621. The molecular weight excluding hydrogens is 228 g/mol. The van der Waals surface area contributed by atoms with Gasteiger partial charge in [-0.25, -0.2) is 4.39 Å². The summed E-state index contributed by atoms with van der Waals surface area (Å²) in [5.41, 5.74) is 4.18. The summed E-state index contributed by atoms with van der Waals surface area (Å²) in [7, 11) is -0.553. The highest BCUT2D eigenvalue weighted by Crippen LogP contribution is 2.20. The van der Waals surface area contributed by atoms with Gasteiger partial charge in [0.05, 0.1) is 0 Å². The van der Waals surface area contributed by atoms with Crippen molar-refractivity contribution in [1.82, 2.24) is 0 Å². The van der Waals surface area contributed by atoms with Crippen molar-refractivity contribution < 1.29 is 24.0 Å². The van der Waals surface area contributed by atoms with Crippen LogP contribution < -0.4 is 10.4 Å². The maximum Gasteiger partial charge on any atom is 0.504 e. The SMILES string of the molecule is C[C@](N)(Cc1ccc(OBO)cc1F)C(=O)O. The van der Waals surface area contributed by atoms with Crippen LogP contribution in [0.4, 0.5) is 4.39 Å². The van der Waals surface area contributed by atoms with Crippen LogP contribution in [0.15, 0.2) is 18.2 Å². The number of rotatable bonds is 5. The second kappa shape index (κ2) is 5.16. The number of carboxylic acids is 1. The van der Waals surface area contributed by atoms with Crippen molar-refractivity contribution in [2.45, 2.75) is 18.9 Å². The zero-order chi connectivity index (χ0) is 13.1. The lowest BCUT2D eigenvalue weighted by molar-refractivity contribution is -0.142. The van der Waals surface area contributed by atoms with Crippen molar-refractivity contribution in [2.75, 3.05) is 0 Å². The van der Waals surface area contributed by atoms with Crippen molar-refractivity contribution in [3.63, 3.8) is 0 Å². The van der Waals surface area contributed by atoms with E-state index in [0.717, 1.165) is 6.07 Å². The average molecular weight is 241 g/mol. The Morgan fingerprint density at radius 1 is 1.65 bits per heavy atom. The van der Waals surface area contributed by atoms with Crippen LogP contribution >= 0.6 is 0 Å². The molecule has 17 heavy (non-hydrogen) atoms. The summed E-state index contributed by atoms with van der Waals surface area (Å²) in [5.74, 6) is -1.65. The summed E-state index contributed by atoms with van der Waals surface area (Å²) in [4.78, 5) is 10.8. The highest BCUT2D eigenvalue weighted by molar-refractivity contribution is 6.17. The standard InChI is InChI=1S/C10H13BFNO4/c1-10(13,9(14)15)5-6-2-3-7(17-11-16)4-8(6)12/h2-4,11,16H,5,13H2,1H3,(H,14,15)/t10-/m0/s1. The third kappa shape index (κ3) is 3.43. The zero-order valence-corrected chi connectivity index (χ0v) is 9.31. The number of carboxylic acid groups (broad SMARTS) is 1. The van der Waals surface area contributed by atoms with Gasteiger partial charge in [-0.2, -0.15) is 0 Å². The minimum atomic E-state index is -1.53. The third-order valence-corrected chi connectivity index (χ3v) is 2.30. The molecule has 0 saturated heterocycles. The van der Waals surface area contributed by atoms with Crippen LogP contribution in [0.2, 0.25) is 0 Å². The third-order valence-electron chi connectivity index (χ3n) is 2.30. The molecular formula is C10H13BFNO4. The van der Waals surface area contributed by atoms with Crippen molar-refractivity contribution in [1.29, 1.82) is 0 Å². The van der Waals surface area contributed by atoms with Gasteiger partial charge < -0.3 is 20.5 Å². The van der Waals surface area contributed by atoms with Gasteiger partial charge in [0.15, 0.2) is 0 Å². The Morgan fingerprint density at radius 3 is 2.76 bits per heavy atom. The van der Waals surface area contributed by atoms with E-state index >= 15 is 0 Å². The first-order chi connectivity index (χ1) is 7.86. The van der Waals surface area contributed by atoms with Gasteiger partial charge in [-0.15, -0.1) is 0 Å². The fourth-order valence-corrected chi connectivity index (χ4v) is 1.31. The number of carbonyl (C=O) groups is 1. The van der Waals surface area contributed by atoms with Crippen LogP contribution in [0.1, 0.15) is 12.5 Å². The maximum absolute atomic E-state index is 13.6. The van der Waals surface area contributed by atoms with Gasteiger partial charge in [-0.3, -0.25) is 4.79 Å². The Hall–Kier alpha value is -1.60. The van der Waals surface area contributed by atoms with E-state index in [0.29, 0.717) is 0 Å². The minimum Gasteiger partial charge on any atom is -0.539 e. The van der Waals surface area contributed by atoms with Crippen molar-refractivity contribution >= 4 is 13.7 Å². The first-order valence-corrected chi connectivity index (χ1v) is 4.91. The molecule has 0 heterocycles. The molecule has 0 aliphatic rings. The molecule has 0 bridgehead atoms. The van der Waals surface area contributed by atoms with Gasteiger partial charge in [0.2, 0.25) is 0 Å². The second-order valence-electron chi connectivity index (χ2n) is 3.93. The molecule has 0 aliphatic carbocycles. The monoisotopic (exact) mass is 241 g/mol. The number of nitrogens with two attached hydrogens (primary N) is 1. The van der Waals surface area contributed by atoms with E-state index in [1.807, 2.05) is 0 Å². The van der Waals surface area contributed by atoms with E-state index in [9.17, 15) is 9.18 Å². The van der Waals surface area contributed by atoms with Gasteiger partial charge in [-0.05, 0) is 18.6 Å². The van der Waals surface area contributed by atoms with Gasteiger partial charge in [0.25, 0.3) is 0 Å². The molecule has 1 rings (SSSR count). The number of halogens is 1. The Morgan fingerprint density at radius 2 is 2.29 bits per heavy atom. The fraction of sp³-hybridized carbons (Fsp3) is 0.300. The molecule has 0 aromatic heterocycles. The highest BCUT2D eigenvalue weighted by Gasteiger charge is 2.29. The Balaban J connectivity index is 2.90. The molecule has 5 nitrogen and oxygen atoms in total. The summed E-state index contributed by atoms with van der Waals surface area (Å²) in [6.07, 6.45) is -0.131. The first-order valence-electron chi connectivity index (χ1n) is 4.91. The molecule has 0 radical (unpaired) electrons. The fourth-order valence-electron chi connectivity index (χ4n) is 1.31.